The molecule has 1 amide bonds. The lowest BCUT2D eigenvalue weighted by molar-refractivity contribution is 0.0937. The highest BCUT2D eigenvalue weighted by molar-refractivity contribution is 9.10. The number of aromatic nitrogens is 1. The molecule has 0 radical (unpaired) electrons. The molecule has 0 aliphatic carbocycles. The lowest BCUT2D eigenvalue weighted by atomic mass is 10.0. The summed E-state index contributed by atoms with van der Waals surface area (Å²) in [7, 11) is 0. The zero-order valence-electron chi connectivity index (χ0n) is 12.7. The molecule has 0 aliphatic heterocycles. The van der Waals surface area contributed by atoms with Gasteiger partial charge < -0.3 is 10.6 Å². The molecule has 1 atom stereocenters. The van der Waals surface area contributed by atoms with E-state index in [-0.39, 0.29) is 11.9 Å². The summed E-state index contributed by atoms with van der Waals surface area (Å²) in [6, 6.07) is 1.97. The van der Waals surface area contributed by atoms with Gasteiger partial charge in [-0.05, 0) is 54.6 Å². The maximum Gasteiger partial charge on any atom is 0.255 e. The van der Waals surface area contributed by atoms with Crippen molar-refractivity contribution < 1.29 is 4.79 Å². The summed E-state index contributed by atoms with van der Waals surface area (Å²) in [5.41, 5.74) is 0.581. The molecule has 1 aromatic heterocycles. The quantitative estimate of drug-likeness (QED) is 0.792. The van der Waals surface area contributed by atoms with Crippen LogP contribution in [0.2, 0.25) is 0 Å². The van der Waals surface area contributed by atoms with Crippen LogP contribution in [0.3, 0.4) is 0 Å². The number of pyridine rings is 1. The fourth-order valence-corrected chi connectivity index (χ4v) is 2.21. The molecule has 0 saturated heterocycles. The molecule has 5 heteroatoms. The van der Waals surface area contributed by atoms with Crippen LogP contribution in [-0.4, -0.2) is 23.5 Å². The molecule has 20 heavy (non-hydrogen) atoms. The first-order chi connectivity index (χ1) is 9.43. The zero-order valence-corrected chi connectivity index (χ0v) is 14.3. The highest BCUT2D eigenvalue weighted by Crippen LogP contribution is 2.18. The van der Waals surface area contributed by atoms with Crippen molar-refractivity contribution >= 4 is 27.7 Å². The second kappa shape index (κ2) is 8.25. The molecule has 0 bridgehead atoms. The Labute approximate surface area is 129 Å². The maximum absolute atomic E-state index is 12.3. The first-order valence-corrected chi connectivity index (χ1v) is 7.93. The van der Waals surface area contributed by atoms with E-state index in [9.17, 15) is 4.79 Å². The minimum absolute atomic E-state index is 0.0778. The molecule has 112 valence electrons. The van der Waals surface area contributed by atoms with Crippen LogP contribution in [0.5, 0.6) is 0 Å². The Morgan fingerprint density at radius 3 is 2.65 bits per heavy atom. The second-order valence-corrected chi connectivity index (χ2v) is 6.34. The van der Waals surface area contributed by atoms with Crippen molar-refractivity contribution in [2.45, 2.75) is 46.6 Å². The van der Waals surface area contributed by atoms with Crippen molar-refractivity contribution in [3.8, 4) is 0 Å². The summed E-state index contributed by atoms with van der Waals surface area (Å²) in [6.07, 6.45) is 3.79. The van der Waals surface area contributed by atoms with E-state index in [1.54, 1.807) is 12.3 Å². The Balaban J connectivity index is 2.73. The van der Waals surface area contributed by atoms with E-state index in [1.165, 1.54) is 0 Å². The third-order valence-electron chi connectivity index (χ3n) is 3.00. The highest BCUT2D eigenvalue weighted by atomic mass is 79.9. The van der Waals surface area contributed by atoms with Gasteiger partial charge in [0.15, 0.2) is 0 Å². The van der Waals surface area contributed by atoms with E-state index in [0.717, 1.165) is 23.9 Å². The number of carbonyl (C=O) groups excluding carboxylic acids is 1. The lowest BCUT2D eigenvalue weighted by Gasteiger charge is -2.16. The number of anilines is 1. The third kappa shape index (κ3) is 5.49. The van der Waals surface area contributed by atoms with Gasteiger partial charge in [0, 0.05) is 23.3 Å². The predicted octanol–water partition coefficient (Wildman–Crippen LogP) is 3.83. The standard InChI is InChI=1S/C15H24BrN3O/c1-5-17-14-13(8-12(16)9-18-14)15(20)19-11(4)7-6-10(2)3/h8-11H,5-7H2,1-4H3,(H,17,18)(H,19,20). The minimum Gasteiger partial charge on any atom is -0.370 e. The smallest absolute Gasteiger partial charge is 0.255 e. The van der Waals surface area contributed by atoms with Crippen LogP contribution in [0, 0.1) is 5.92 Å². The Kier molecular flexibility index (Phi) is 6.99. The average Bonchev–Trinajstić information content (AvgIpc) is 2.38. The first kappa shape index (κ1) is 17.0. The number of carbonyl (C=O) groups is 1. The van der Waals surface area contributed by atoms with Gasteiger partial charge in [-0.25, -0.2) is 4.98 Å². The summed E-state index contributed by atoms with van der Waals surface area (Å²) in [6.45, 7) is 9.14. The van der Waals surface area contributed by atoms with Crippen LogP contribution in [0.4, 0.5) is 5.82 Å². The van der Waals surface area contributed by atoms with Gasteiger partial charge in [0.1, 0.15) is 5.82 Å². The fraction of sp³-hybridized carbons (Fsp3) is 0.600. The van der Waals surface area contributed by atoms with E-state index in [2.05, 4.69) is 45.4 Å². The number of nitrogens with zero attached hydrogens (tertiary/aromatic N) is 1. The highest BCUT2D eigenvalue weighted by Gasteiger charge is 2.15. The van der Waals surface area contributed by atoms with Crippen molar-refractivity contribution in [2.75, 3.05) is 11.9 Å². The largest absolute Gasteiger partial charge is 0.370 e. The van der Waals surface area contributed by atoms with Crippen molar-refractivity contribution in [3.05, 3.63) is 22.3 Å². The zero-order chi connectivity index (χ0) is 15.1. The molecule has 0 spiro atoms. The van der Waals surface area contributed by atoms with E-state index >= 15 is 0 Å². The summed E-state index contributed by atoms with van der Waals surface area (Å²) >= 11 is 3.36. The molecule has 1 unspecified atom stereocenters. The SMILES string of the molecule is CCNc1ncc(Br)cc1C(=O)NC(C)CCC(C)C. The van der Waals surface area contributed by atoms with Crippen molar-refractivity contribution in [1.29, 1.82) is 0 Å². The van der Waals surface area contributed by atoms with Gasteiger partial charge in [0.05, 0.1) is 5.56 Å². The van der Waals surface area contributed by atoms with Gasteiger partial charge in [0.2, 0.25) is 0 Å². The molecule has 1 heterocycles. The van der Waals surface area contributed by atoms with Gasteiger partial charge in [-0.3, -0.25) is 4.79 Å². The predicted molar refractivity (Wildman–Crippen MR) is 87.1 cm³/mol. The van der Waals surface area contributed by atoms with Crippen LogP contribution < -0.4 is 10.6 Å². The molecule has 1 aromatic rings. The van der Waals surface area contributed by atoms with Crippen LogP contribution in [-0.2, 0) is 0 Å². The normalized spacial score (nSPS) is 12.3. The molecule has 0 aliphatic rings. The average molecular weight is 342 g/mol. The van der Waals surface area contributed by atoms with Crippen molar-refractivity contribution in [3.63, 3.8) is 0 Å². The summed E-state index contributed by atoms with van der Waals surface area (Å²) in [4.78, 5) is 16.6. The van der Waals surface area contributed by atoms with Gasteiger partial charge in [0.25, 0.3) is 5.91 Å². The van der Waals surface area contributed by atoms with Crippen molar-refractivity contribution in [1.82, 2.24) is 10.3 Å². The summed E-state index contributed by atoms with van der Waals surface area (Å²) in [5, 5.41) is 6.15. The third-order valence-corrected chi connectivity index (χ3v) is 3.43. The van der Waals surface area contributed by atoms with Crippen LogP contribution >= 0.6 is 15.9 Å². The van der Waals surface area contributed by atoms with Gasteiger partial charge >= 0.3 is 0 Å². The Bertz CT molecular complexity index is 449. The van der Waals surface area contributed by atoms with E-state index in [1.807, 2.05) is 13.8 Å². The number of halogens is 1. The molecule has 1 rings (SSSR count). The van der Waals surface area contributed by atoms with Crippen LogP contribution in [0.25, 0.3) is 0 Å². The molecular formula is C15H24BrN3O. The maximum atomic E-state index is 12.3. The monoisotopic (exact) mass is 341 g/mol. The number of rotatable bonds is 7. The van der Waals surface area contributed by atoms with Crippen LogP contribution in [0.15, 0.2) is 16.7 Å². The Morgan fingerprint density at radius 2 is 2.05 bits per heavy atom. The second-order valence-electron chi connectivity index (χ2n) is 5.43. The van der Waals surface area contributed by atoms with Crippen LogP contribution in [0.1, 0.15) is 50.9 Å². The van der Waals surface area contributed by atoms with E-state index < -0.39 is 0 Å². The number of hydrogen-bond donors (Lipinski definition) is 2. The van der Waals surface area contributed by atoms with Crippen molar-refractivity contribution in [2.24, 2.45) is 5.92 Å². The Morgan fingerprint density at radius 1 is 1.35 bits per heavy atom. The van der Waals surface area contributed by atoms with Gasteiger partial charge in [-0.1, -0.05) is 13.8 Å². The number of nitrogens with one attached hydrogen (secondary N) is 2. The van der Waals surface area contributed by atoms with Gasteiger partial charge in [-0.2, -0.15) is 0 Å². The number of amides is 1. The molecule has 0 aromatic carbocycles. The molecule has 4 nitrogen and oxygen atoms in total. The first-order valence-electron chi connectivity index (χ1n) is 7.14. The fourth-order valence-electron chi connectivity index (χ4n) is 1.88. The molecule has 0 saturated carbocycles. The number of hydrogen-bond acceptors (Lipinski definition) is 3. The van der Waals surface area contributed by atoms with Gasteiger partial charge in [-0.15, -0.1) is 0 Å². The van der Waals surface area contributed by atoms with E-state index in [4.69, 9.17) is 0 Å². The molecule has 0 fully saturated rings. The summed E-state index contributed by atoms with van der Waals surface area (Å²) < 4.78 is 0.805. The topological polar surface area (TPSA) is 54.0 Å². The lowest BCUT2D eigenvalue weighted by Crippen LogP contribution is -2.33. The molecule has 2 N–H and O–H groups in total. The molecular weight excluding hydrogens is 318 g/mol. The van der Waals surface area contributed by atoms with E-state index in [0.29, 0.717) is 17.3 Å². The minimum atomic E-state index is -0.0778. The Hall–Kier alpha value is -1.10. The summed E-state index contributed by atoms with van der Waals surface area (Å²) in [5.74, 6) is 1.20.